The van der Waals surface area contributed by atoms with E-state index in [4.69, 9.17) is 5.11 Å². The number of carboxylic acid groups (broad SMARTS) is 1. The summed E-state index contributed by atoms with van der Waals surface area (Å²) in [4.78, 5) is 50.0. The number of likely N-dealkylation sites (N-methyl/N-ethyl adjacent to an activating group) is 1. The predicted octanol–water partition coefficient (Wildman–Crippen LogP) is 0.711. The number of carbonyl (C=O) groups excluding carboxylic acids is 3. The van der Waals surface area contributed by atoms with Gasteiger partial charge in [0.15, 0.2) is 0 Å². The van der Waals surface area contributed by atoms with Crippen LogP contribution in [-0.2, 0) is 19.2 Å². The lowest BCUT2D eigenvalue weighted by Crippen LogP contribution is -2.45. The summed E-state index contributed by atoms with van der Waals surface area (Å²) in [6.07, 6.45) is 1.68. The van der Waals surface area contributed by atoms with E-state index in [2.05, 4.69) is 5.32 Å². The van der Waals surface area contributed by atoms with Gasteiger partial charge < -0.3 is 20.2 Å². The van der Waals surface area contributed by atoms with E-state index in [9.17, 15) is 19.2 Å². The highest BCUT2D eigenvalue weighted by Crippen LogP contribution is 2.17. The molecule has 26 heavy (non-hydrogen) atoms. The number of hydrogen-bond acceptors (Lipinski definition) is 4. The van der Waals surface area contributed by atoms with Crippen LogP contribution in [0.3, 0.4) is 0 Å². The van der Waals surface area contributed by atoms with Gasteiger partial charge in [0.25, 0.3) is 0 Å². The zero-order valence-electron chi connectivity index (χ0n) is 16.2. The SMILES string of the molecule is CN(CC(=O)N1CCC(C(=O)O)CC1)C(=O)CCCNC(=O)C(C)(C)C. The van der Waals surface area contributed by atoms with Crippen molar-refractivity contribution in [2.75, 3.05) is 33.2 Å². The van der Waals surface area contributed by atoms with Crippen molar-refractivity contribution >= 4 is 23.7 Å². The first-order chi connectivity index (χ1) is 12.0. The molecule has 1 fully saturated rings. The molecule has 0 bridgehead atoms. The van der Waals surface area contributed by atoms with Gasteiger partial charge in [-0.1, -0.05) is 20.8 Å². The molecule has 0 atom stereocenters. The quantitative estimate of drug-likeness (QED) is 0.643. The molecule has 0 aromatic carbocycles. The molecule has 1 rings (SSSR count). The molecule has 0 saturated carbocycles. The van der Waals surface area contributed by atoms with Crippen LogP contribution in [0.15, 0.2) is 0 Å². The average Bonchev–Trinajstić information content (AvgIpc) is 2.57. The molecule has 2 N–H and O–H groups in total. The Morgan fingerprint density at radius 1 is 1.15 bits per heavy atom. The van der Waals surface area contributed by atoms with E-state index in [-0.39, 0.29) is 36.6 Å². The largest absolute Gasteiger partial charge is 0.481 e. The number of nitrogens with zero attached hydrogens (tertiary/aromatic N) is 2. The number of carbonyl (C=O) groups is 4. The first-order valence-electron chi connectivity index (χ1n) is 9.05. The summed E-state index contributed by atoms with van der Waals surface area (Å²) in [6.45, 7) is 6.72. The molecule has 0 radical (unpaired) electrons. The van der Waals surface area contributed by atoms with Gasteiger partial charge in [0.1, 0.15) is 0 Å². The zero-order chi connectivity index (χ0) is 19.9. The molecule has 0 aliphatic carbocycles. The summed E-state index contributed by atoms with van der Waals surface area (Å²) < 4.78 is 0. The Hall–Kier alpha value is -2.12. The fourth-order valence-corrected chi connectivity index (χ4v) is 2.66. The fraction of sp³-hybridized carbons (Fsp3) is 0.778. The molecule has 8 nitrogen and oxygen atoms in total. The maximum atomic E-state index is 12.2. The van der Waals surface area contributed by atoms with Crippen LogP contribution < -0.4 is 5.32 Å². The van der Waals surface area contributed by atoms with Crippen LogP contribution in [0, 0.1) is 11.3 Å². The van der Waals surface area contributed by atoms with Crippen molar-refractivity contribution in [3.63, 3.8) is 0 Å². The molecule has 148 valence electrons. The molecular weight excluding hydrogens is 338 g/mol. The normalized spacial score (nSPS) is 15.5. The van der Waals surface area contributed by atoms with E-state index >= 15 is 0 Å². The minimum Gasteiger partial charge on any atom is -0.481 e. The standard InChI is InChI=1S/C18H31N3O5/c1-18(2,3)17(26)19-9-5-6-14(22)20(4)12-15(23)21-10-7-13(8-11-21)16(24)25/h13H,5-12H2,1-4H3,(H,19,26)(H,24,25). The summed E-state index contributed by atoms with van der Waals surface area (Å²) in [5.41, 5.74) is -0.457. The van der Waals surface area contributed by atoms with E-state index in [1.54, 1.807) is 11.9 Å². The lowest BCUT2D eigenvalue weighted by Gasteiger charge is -2.31. The summed E-state index contributed by atoms with van der Waals surface area (Å²) in [5, 5.41) is 11.8. The number of amides is 3. The molecule has 1 heterocycles. The second kappa shape index (κ2) is 9.54. The van der Waals surface area contributed by atoms with Gasteiger partial charge in [-0.05, 0) is 19.3 Å². The third-order valence-corrected chi connectivity index (χ3v) is 4.53. The lowest BCUT2D eigenvalue weighted by atomic mass is 9.96. The number of carboxylic acids is 1. The van der Waals surface area contributed by atoms with Crippen LogP contribution in [0.1, 0.15) is 46.5 Å². The van der Waals surface area contributed by atoms with Crippen molar-refractivity contribution in [3.05, 3.63) is 0 Å². The number of nitrogens with one attached hydrogen (secondary N) is 1. The highest BCUT2D eigenvalue weighted by molar-refractivity contribution is 5.85. The van der Waals surface area contributed by atoms with Gasteiger partial charge in [0, 0.05) is 38.5 Å². The molecule has 0 aromatic heterocycles. The van der Waals surface area contributed by atoms with Crippen LogP contribution in [0.25, 0.3) is 0 Å². The van der Waals surface area contributed by atoms with Crippen molar-refractivity contribution in [2.24, 2.45) is 11.3 Å². The molecular formula is C18H31N3O5. The van der Waals surface area contributed by atoms with Crippen molar-refractivity contribution < 1.29 is 24.3 Å². The maximum Gasteiger partial charge on any atom is 0.306 e. The number of hydrogen-bond donors (Lipinski definition) is 2. The van der Waals surface area contributed by atoms with E-state index in [0.717, 1.165) is 0 Å². The minimum absolute atomic E-state index is 0.00901. The van der Waals surface area contributed by atoms with Gasteiger partial charge in [-0.25, -0.2) is 0 Å². The summed E-state index contributed by atoms with van der Waals surface area (Å²) >= 11 is 0. The van der Waals surface area contributed by atoms with Crippen LogP contribution in [0.4, 0.5) is 0 Å². The van der Waals surface area contributed by atoms with E-state index in [0.29, 0.717) is 38.9 Å². The molecule has 0 aromatic rings. The first-order valence-corrected chi connectivity index (χ1v) is 9.05. The van der Waals surface area contributed by atoms with E-state index < -0.39 is 11.4 Å². The molecule has 1 aliphatic heterocycles. The Balaban J connectivity index is 2.28. The number of likely N-dealkylation sites (tertiary alicyclic amines) is 1. The van der Waals surface area contributed by atoms with Crippen LogP contribution in [0.2, 0.25) is 0 Å². The van der Waals surface area contributed by atoms with Gasteiger partial charge in [0.05, 0.1) is 12.5 Å². The maximum absolute atomic E-state index is 12.2. The van der Waals surface area contributed by atoms with E-state index in [1.807, 2.05) is 20.8 Å². The summed E-state index contributed by atoms with van der Waals surface area (Å²) in [7, 11) is 1.58. The smallest absolute Gasteiger partial charge is 0.306 e. The lowest BCUT2D eigenvalue weighted by molar-refractivity contribution is -0.146. The Labute approximate surface area is 154 Å². The Morgan fingerprint density at radius 3 is 2.23 bits per heavy atom. The molecule has 3 amide bonds. The molecule has 0 spiro atoms. The highest BCUT2D eigenvalue weighted by atomic mass is 16.4. The van der Waals surface area contributed by atoms with Crippen molar-refractivity contribution in [1.82, 2.24) is 15.1 Å². The Kier molecular flexibility index (Phi) is 8.05. The second-order valence-corrected chi connectivity index (χ2v) is 7.85. The summed E-state index contributed by atoms with van der Waals surface area (Å²) in [5.74, 6) is -1.57. The first kappa shape index (κ1) is 21.9. The Bertz CT molecular complexity index is 533. The number of aliphatic carboxylic acids is 1. The zero-order valence-corrected chi connectivity index (χ0v) is 16.2. The predicted molar refractivity (Wildman–Crippen MR) is 96.3 cm³/mol. The topological polar surface area (TPSA) is 107 Å². The van der Waals surface area contributed by atoms with Crippen LogP contribution in [0.5, 0.6) is 0 Å². The van der Waals surface area contributed by atoms with Crippen molar-refractivity contribution in [2.45, 2.75) is 46.5 Å². The third-order valence-electron chi connectivity index (χ3n) is 4.53. The average molecular weight is 369 g/mol. The highest BCUT2D eigenvalue weighted by Gasteiger charge is 2.27. The van der Waals surface area contributed by atoms with Crippen LogP contribution in [-0.4, -0.2) is 71.8 Å². The van der Waals surface area contributed by atoms with Crippen LogP contribution >= 0.6 is 0 Å². The van der Waals surface area contributed by atoms with Gasteiger partial charge in [-0.3, -0.25) is 19.2 Å². The summed E-state index contributed by atoms with van der Waals surface area (Å²) in [6, 6.07) is 0. The second-order valence-electron chi connectivity index (χ2n) is 7.85. The molecule has 8 heteroatoms. The minimum atomic E-state index is -0.817. The van der Waals surface area contributed by atoms with E-state index in [1.165, 1.54) is 4.90 Å². The molecule has 1 saturated heterocycles. The number of piperidine rings is 1. The van der Waals surface area contributed by atoms with Gasteiger partial charge in [-0.15, -0.1) is 0 Å². The van der Waals surface area contributed by atoms with Gasteiger partial charge in [0.2, 0.25) is 17.7 Å². The van der Waals surface area contributed by atoms with Crippen molar-refractivity contribution in [1.29, 1.82) is 0 Å². The fourth-order valence-electron chi connectivity index (χ4n) is 2.66. The number of rotatable bonds is 7. The monoisotopic (exact) mass is 369 g/mol. The van der Waals surface area contributed by atoms with Crippen molar-refractivity contribution in [3.8, 4) is 0 Å². The van der Waals surface area contributed by atoms with Gasteiger partial charge >= 0.3 is 5.97 Å². The third kappa shape index (κ3) is 7.01. The van der Waals surface area contributed by atoms with Gasteiger partial charge in [-0.2, -0.15) is 0 Å². The molecule has 0 unspecified atom stereocenters. The molecule has 1 aliphatic rings. The Morgan fingerprint density at radius 2 is 1.73 bits per heavy atom.